The zero-order valence-electron chi connectivity index (χ0n) is 34.0. The number of hydrogen-bond donors (Lipinski definition) is 2. The fourth-order valence-electron chi connectivity index (χ4n) is 8.80. The van der Waals surface area contributed by atoms with Crippen LogP contribution in [0.25, 0.3) is 9.69 Å². The molecule has 0 spiro atoms. The molecule has 56 heavy (non-hydrogen) atoms. The Morgan fingerprint density at radius 3 is 1.45 bits per heavy atom. The van der Waals surface area contributed by atoms with Crippen molar-refractivity contribution in [2.45, 2.75) is 117 Å². The molecule has 4 fully saturated rings. The van der Waals surface area contributed by atoms with Crippen LogP contribution in [0.1, 0.15) is 90.8 Å². The summed E-state index contributed by atoms with van der Waals surface area (Å²) in [5, 5.41) is 0. The first-order valence-corrected chi connectivity index (χ1v) is 23.0. The highest BCUT2D eigenvalue weighted by Crippen LogP contribution is 2.63. The number of nitrogens with zero attached hydrogens (tertiary/aromatic N) is 4. The molecule has 4 aliphatic rings. The van der Waals surface area contributed by atoms with Gasteiger partial charge in [0.1, 0.15) is 36.9 Å². The minimum atomic E-state index is -1.13. The fourth-order valence-corrected chi connectivity index (χ4v) is 11.6. The van der Waals surface area contributed by atoms with Gasteiger partial charge < -0.3 is 37.3 Å². The van der Waals surface area contributed by atoms with Crippen LogP contribution in [-0.2, 0) is 27.6 Å². The molecule has 18 heteroatoms. The first-order valence-electron chi connectivity index (χ1n) is 18.9. The van der Waals surface area contributed by atoms with Gasteiger partial charge in [0.25, 0.3) is 11.1 Å². The summed E-state index contributed by atoms with van der Waals surface area (Å²) in [6.45, 7) is 35.9. The third kappa shape index (κ3) is 9.01. The molecule has 14 nitrogen and oxygen atoms in total. The molecule has 2 aliphatic carbocycles. The standard InChI is InChI=1S/2C19H28N3O4PS/c2*1-12-11-22(17(28)21-15(12)23)14-10-19(26-27(6)24-8-7-20-5)9-13(2)18(3,4)16(19)25-14/h2*11,13-14,16H,7-10H2,1-4,6H3,(H,21,23,28)/t2*13-,14+,16+,19-,27?/m00/s1. The van der Waals surface area contributed by atoms with Gasteiger partial charge in [0.15, 0.2) is 26.3 Å². The number of rotatable bonds is 12. The summed E-state index contributed by atoms with van der Waals surface area (Å²) in [7, 11) is -2.26. The summed E-state index contributed by atoms with van der Waals surface area (Å²) in [5.74, 6) is 0.853. The lowest BCUT2D eigenvalue weighted by Gasteiger charge is -2.34. The maximum atomic E-state index is 11.8. The van der Waals surface area contributed by atoms with Crippen LogP contribution in [0.2, 0.25) is 0 Å². The van der Waals surface area contributed by atoms with Gasteiger partial charge in [-0.1, -0.05) is 41.5 Å². The van der Waals surface area contributed by atoms with Crippen LogP contribution in [0.5, 0.6) is 0 Å². The van der Waals surface area contributed by atoms with Gasteiger partial charge >= 0.3 is 0 Å². The van der Waals surface area contributed by atoms with Crippen molar-refractivity contribution in [2.75, 3.05) is 39.6 Å². The van der Waals surface area contributed by atoms with Crippen molar-refractivity contribution in [1.29, 1.82) is 0 Å². The van der Waals surface area contributed by atoms with E-state index in [1.54, 1.807) is 26.2 Å². The Balaban J connectivity index is 0.000000214. The van der Waals surface area contributed by atoms with Gasteiger partial charge in [0.2, 0.25) is 13.1 Å². The average Bonchev–Trinajstić information content (AvgIpc) is 3.76. The Morgan fingerprint density at radius 2 is 1.11 bits per heavy atom. The number of aromatic nitrogens is 4. The number of H-pyrrole nitrogens is 2. The highest BCUT2D eigenvalue weighted by molar-refractivity contribution is 7.71. The van der Waals surface area contributed by atoms with Crippen LogP contribution >= 0.6 is 41.2 Å². The van der Waals surface area contributed by atoms with Gasteiger partial charge in [-0.3, -0.25) is 28.7 Å². The lowest BCUT2D eigenvalue weighted by molar-refractivity contribution is -0.0803. The largest absolute Gasteiger partial charge is 0.351 e. The van der Waals surface area contributed by atoms with Crippen LogP contribution in [0.15, 0.2) is 22.0 Å². The van der Waals surface area contributed by atoms with Gasteiger partial charge in [-0.2, -0.15) is 0 Å². The summed E-state index contributed by atoms with van der Waals surface area (Å²) in [6.07, 6.45) is 5.74. The van der Waals surface area contributed by atoms with E-state index in [-0.39, 0.29) is 46.6 Å². The molecular formula is C38H56N6O8P2S2. The van der Waals surface area contributed by atoms with Crippen LogP contribution in [-0.4, -0.2) is 82.1 Å². The molecule has 0 amide bonds. The van der Waals surface area contributed by atoms with E-state index >= 15 is 0 Å². The zero-order valence-corrected chi connectivity index (χ0v) is 37.5. The summed E-state index contributed by atoms with van der Waals surface area (Å²) < 4.78 is 41.9. The van der Waals surface area contributed by atoms with Crippen LogP contribution < -0.4 is 11.1 Å². The molecule has 4 heterocycles. The second kappa shape index (κ2) is 17.6. The van der Waals surface area contributed by atoms with Crippen molar-refractivity contribution in [3.63, 3.8) is 0 Å². The third-order valence-electron chi connectivity index (χ3n) is 12.3. The molecule has 0 bridgehead atoms. The maximum Gasteiger partial charge on any atom is 0.254 e. The van der Waals surface area contributed by atoms with Crippen LogP contribution in [0.3, 0.4) is 0 Å². The number of ether oxygens (including phenoxy) is 2. The highest BCUT2D eigenvalue weighted by Gasteiger charge is 2.65. The van der Waals surface area contributed by atoms with Crippen LogP contribution in [0.4, 0.5) is 0 Å². The third-order valence-corrected chi connectivity index (χ3v) is 15.2. The first-order chi connectivity index (χ1) is 26.2. The molecule has 2 saturated carbocycles. The van der Waals surface area contributed by atoms with E-state index < -0.39 is 28.0 Å². The summed E-state index contributed by atoms with van der Waals surface area (Å²) in [5.41, 5.74) is -0.235. The Morgan fingerprint density at radius 1 is 0.750 bits per heavy atom. The highest BCUT2D eigenvalue weighted by atomic mass is 32.1. The normalized spacial score (nSPS) is 32.1. The number of nitrogens with one attached hydrogen (secondary N) is 2. The SMILES string of the molecule is [C-]#[N+]CCOP(C)O[C@@]12C[C@H](n3cc(C)c(=O)[nH]c3=S)O[C@@H]1C(C)(C)[C@@H](C)C2.[C-]#[N+]CCOP(C)O[C@@]12C[C@H](n3cc(C)c(=O)[nH]c3=S)O[C@@H]1C(C)(C)[C@@H](C)C2. The molecule has 10 atom stereocenters. The summed E-state index contributed by atoms with van der Waals surface area (Å²) in [6, 6.07) is 0. The smallest absolute Gasteiger partial charge is 0.254 e. The quantitative estimate of drug-likeness (QED) is 0.0927. The predicted molar refractivity (Wildman–Crippen MR) is 222 cm³/mol. The summed E-state index contributed by atoms with van der Waals surface area (Å²) in [4.78, 5) is 35.8. The van der Waals surface area contributed by atoms with Gasteiger partial charge in [-0.15, -0.1) is 0 Å². The van der Waals surface area contributed by atoms with Crippen molar-refractivity contribution in [3.05, 3.63) is 76.6 Å². The van der Waals surface area contributed by atoms with Crippen molar-refractivity contribution < 1.29 is 27.6 Å². The lowest BCUT2D eigenvalue weighted by Crippen LogP contribution is -2.41. The molecule has 6 rings (SSSR count). The number of hydrogen-bond acceptors (Lipinski definition) is 10. The Bertz CT molecular complexity index is 1930. The van der Waals surface area contributed by atoms with E-state index in [0.717, 1.165) is 12.8 Å². The van der Waals surface area contributed by atoms with E-state index in [1.165, 1.54) is 0 Å². The minimum absolute atomic E-state index is 0.0686. The van der Waals surface area contributed by atoms with Crippen molar-refractivity contribution in [2.24, 2.45) is 22.7 Å². The molecule has 0 aromatic carbocycles. The fraction of sp³-hybridized carbons (Fsp3) is 0.737. The molecule has 2 N–H and O–H groups in total. The molecule has 2 unspecified atom stereocenters. The van der Waals surface area contributed by atoms with Crippen molar-refractivity contribution >= 4 is 41.2 Å². The van der Waals surface area contributed by atoms with E-state index in [9.17, 15) is 9.59 Å². The molecule has 2 aromatic heterocycles. The molecule has 0 radical (unpaired) electrons. The number of aryl methyl sites for hydroxylation is 2. The minimum Gasteiger partial charge on any atom is -0.351 e. The maximum absolute atomic E-state index is 11.8. The Kier molecular flexibility index (Phi) is 14.1. The second-order valence-electron chi connectivity index (χ2n) is 16.8. The van der Waals surface area contributed by atoms with Crippen LogP contribution in [0, 0.1) is 59.2 Å². The van der Waals surface area contributed by atoms with E-state index in [2.05, 4.69) is 61.2 Å². The van der Waals surface area contributed by atoms with Gasteiger partial charge in [0, 0.05) is 49.7 Å². The van der Waals surface area contributed by atoms with E-state index in [1.807, 2.05) is 22.5 Å². The first kappa shape index (κ1) is 44.9. The lowest BCUT2D eigenvalue weighted by atomic mass is 9.81. The van der Waals surface area contributed by atoms with E-state index in [0.29, 0.717) is 71.6 Å². The Hall–Kier alpha value is -2.20. The van der Waals surface area contributed by atoms with Gasteiger partial charge in [-0.05, 0) is 73.8 Å². The van der Waals surface area contributed by atoms with Crippen molar-refractivity contribution in [1.82, 2.24) is 19.1 Å². The zero-order chi connectivity index (χ0) is 41.4. The van der Waals surface area contributed by atoms with Gasteiger partial charge in [0.05, 0.1) is 12.2 Å². The summed E-state index contributed by atoms with van der Waals surface area (Å²) >= 11 is 10.8. The molecule has 2 aromatic rings. The predicted octanol–water partition coefficient (Wildman–Crippen LogP) is 8.40. The van der Waals surface area contributed by atoms with Gasteiger partial charge in [-0.25, -0.2) is 13.1 Å². The monoisotopic (exact) mass is 850 g/mol. The topological polar surface area (TPSA) is 140 Å². The number of fused-ring (bicyclic) bond motifs is 2. The van der Waals surface area contributed by atoms with Crippen molar-refractivity contribution in [3.8, 4) is 0 Å². The molecule has 2 aliphatic heterocycles. The average molecular weight is 851 g/mol. The molecule has 2 saturated heterocycles. The van der Waals surface area contributed by atoms with E-state index in [4.69, 9.17) is 65.1 Å². The molecular weight excluding hydrogens is 795 g/mol. The second-order valence-corrected chi connectivity index (χ2v) is 20.2. The number of aromatic amines is 2. The molecule has 308 valence electrons. The Labute approximate surface area is 342 Å².